The molecule has 1 N–H and O–H groups in total. The number of hydrogen-bond donors (Lipinski definition) is 1. The molecule has 2 aromatic rings. The molecule has 3 nitrogen and oxygen atoms in total. The van der Waals surface area contributed by atoms with E-state index in [1.54, 1.807) is 31.2 Å². The summed E-state index contributed by atoms with van der Waals surface area (Å²) < 4.78 is 18.3. The maximum absolute atomic E-state index is 13.3. The Labute approximate surface area is 139 Å². The topological polar surface area (TPSA) is 38.3 Å². The number of nitrogens with one attached hydrogen (secondary N) is 1. The fraction of sp³-hybridized carbons (Fsp3) is 0.278. The van der Waals surface area contributed by atoms with Crippen LogP contribution in [0.4, 0.5) is 10.1 Å². The van der Waals surface area contributed by atoms with Crippen molar-refractivity contribution in [1.82, 2.24) is 0 Å². The number of carbonyl (C=O) groups is 1. The lowest BCUT2D eigenvalue weighted by Gasteiger charge is -2.20. The summed E-state index contributed by atoms with van der Waals surface area (Å²) in [5, 5.41) is 3.59. The zero-order valence-electron chi connectivity index (χ0n) is 12.7. The molecular formula is C18H17ClFNO2. The van der Waals surface area contributed by atoms with Gasteiger partial charge in [-0.15, -0.1) is 0 Å². The normalized spacial score (nSPS) is 15.1. The van der Waals surface area contributed by atoms with E-state index in [0.29, 0.717) is 12.2 Å². The van der Waals surface area contributed by atoms with Crippen LogP contribution in [0.15, 0.2) is 42.5 Å². The Balaban J connectivity index is 1.76. The molecule has 0 unspecified atom stereocenters. The van der Waals surface area contributed by atoms with Crippen molar-refractivity contribution >= 4 is 23.3 Å². The van der Waals surface area contributed by atoms with Gasteiger partial charge in [-0.1, -0.05) is 17.7 Å². The van der Waals surface area contributed by atoms with Crippen molar-refractivity contribution < 1.29 is 13.9 Å². The molecule has 0 amide bonds. The van der Waals surface area contributed by atoms with Gasteiger partial charge in [-0.2, -0.15) is 0 Å². The Morgan fingerprint density at radius 1 is 1.26 bits per heavy atom. The number of carbonyl (C=O) groups excluding carboxylic acids is 1. The highest BCUT2D eigenvalue weighted by molar-refractivity contribution is 6.30. The maximum Gasteiger partial charge on any atom is 0.338 e. The molecule has 23 heavy (non-hydrogen) atoms. The average Bonchev–Trinajstić information content (AvgIpc) is 3.31. The fourth-order valence-corrected chi connectivity index (χ4v) is 2.77. The van der Waals surface area contributed by atoms with Crippen molar-refractivity contribution in [2.75, 3.05) is 11.9 Å². The van der Waals surface area contributed by atoms with Crippen molar-refractivity contribution in [3.63, 3.8) is 0 Å². The third-order valence-corrected chi connectivity index (χ3v) is 4.29. The fourth-order valence-electron chi connectivity index (χ4n) is 2.59. The van der Waals surface area contributed by atoms with Gasteiger partial charge >= 0.3 is 5.97 Å². The lowest BCUT2D eigenvalue weighted by molar-refractivity contribution is 0.0526. The molecule has 3 rings (SSSR count). The van der Waals surface area contributed by atoms with Gasteiger partial charge in [0.2, 0.25) is 0 Å². The van der Waals surface area contributed by atoms with Gasteiger partial charge in [0, 0.05) is 5.69 Å². The van der Waals surface area contributed by atoms with E-state index in [-0.39, 0.29) is 16.5 Å². The monoisotopic (exact) mass is 333 g/mol. The molecule has 0 aliphatic heterocycles. The number of esters is 1. The average molecular weight is 334 g/mol. The highest BCUT2D eigenvalue weighted by Crippen LogP contribution is 2.48. The van der Waals surface area contributed by atoms with Gasteiger partial charge in [-0.3, -0.25) is 0 Å². The predicted molar refractivity (Wildman–Crippen MR) is 88.3 cm³/mol. The number of halogens is 2. The summed E-state index contributed by atoms with van der Waals surface area (Å²) in [4.78, 5) is 11.7. The summed E-state index contributed by atoms with van der Waals surface area (Å²) in [6, 6.07) is 12.0. The van der Waals surface area contributed by atoms with Crippen molar-refractivity contribution in [3.8, 4) is 0 Å². The standard InChI is InChI=1S/C18H17ClFNO2/c1-2-23-17(22)12-3-6-14(7-4-12)21-18(9-10-18)13-5-8-16(20)15(19)11-13/h3-8,11,21H,2,9-10H2,1H3. The first-order valence-electron chi connectivity index (χ1n) is 7.55. The van der Waals surface area contributed by atoms with Gasteiger partial charge < -0.3 is 10.1 Å². The predicted octanol–water partition coefficient (Wildman–Crippen LogP) is 4.76. The highest BCUT2D eigenvalue weighted by atomic mass is 35.5. The van der Waals surface area contributed by atoms with Crippen LogP contribution < -0.4 is 5.32 Å². The van der Waals surface area contributed by atoms with Crippen LogP contribution in [-0.2, 0) is 10.3 Å². The van der Waals surface area contributed by atoms with Crippen LogP contribution in [0.1, 0.15) is 35.7 Å². The molecule has 0 atom stereocenters. The number of rotatable bonds is 5. The van der Waals surface area contributed by atoms with E-state index in [1.165, 1.54) is 6.07 Å². The van der Waals surface area contributed by atoms with E-state index in [1.807, 2.05) is 12.1 Å². The molecule has 0 heterocycles. The first-order valence-corrected chi connectivity index (χ1v) is 7.93. The van der Waals surface area contributed by atoms with Crippen molar-refractivity contribution in [2.45, 2.75) is 25.3 Å². The summed E-state index contributed by atoms with van der Waals surface area (Å²) in [7, 11) is 0. The van der Waals surface area contributed by atoms with Crippen LogP contribution in [0.2, 0.25) is 5.02 Å². The van der Waals surface area contributed by atoms with Gasteiger partial charge in [0.05, 0.1) is 22.7 Å². The number of benzene rings is 2. The molecule has 1 fully saturated rings. The number of ether oxygens (including phenoxy) is 1. The maximum atomic E-state index is 13.3. The van der Waals surface area contributed by atoms with Gasteiger partial charge in [-0.25, -0.2) is 9.18 Å². The first kappa shape index (κ1) is 15.8. The lowest BCUT2D eigenvalue weighted by atomic mass is 10.0. The minimum Gasteiger partial charge on any atom is -0.462 e. The van der Waals surface area contributed by atoms with Gasteiger partial charge in [-0.05, 0) is 61.7 Å². The molecule has 0 spiro atoms. The van der Waals surface area contributed by atoms with Gasteiger partial charge in [0.25, 0.3) is 0 Å². The Morgan fingerprint density at radius 3 is 2.52 bits per heavy atom. The SMILES string of the molecule is CCOC(=O)c1ccc(NC2(c3ccc(F)c(Cl)c3)CC2)cc1. The van der Waals surface area contributed by atoms with E-state index in [4.69, 9.17) is 16.3 Å². The molecule has 0 saturated heterocycles. The smallest absolute Gasteiger partial charge is 0.338 e. The van der Waals surface area contributed by atoms with Crippen LogP contribution in [0.25, 0.3) is 0 Å². The summed E-state index contributed by atoms with van der Waals surface area (Å²) in [5.74, 6) is -0.740. The summed E-state index contributed by atoms with van der Waals surface area (Å²) in [6.45, 7) is 2.13. The van der Waals surface area contributed by atoms with Crippen LogP contribution in [0, 0.1) is 5.82 Å². The molecule has 1 aliphatic carbocycles. The van der Waals surface area contributed by atoms with Crippen LogP contribution in [-0.4, -0.2) is 12.6 Å². The molecule has 0 radical (unpaired) electrons. The van der Waals surface area contributed by atoms with Crippen LogP contribution in [0.5, 0.6) is 0 Å². The molecule has 120 valence electrons. The molecular weight excluding hydrogens is 317 g/mol. The molecule has 0 bridgehead atoms. The minimum atomic E-state index is -0.412. The first-order chi connectivity index (χ1) is 11.0. The highest BCUT2D eigenvalue weighted by Gasteiger charge is 2.44. The van der Waals surface area contributed by atoms with Crippen molar-refractivity contribution in [1.29, 1.82) is 0 Å². The zero-order valence-corrected chi connectivity index (χ0v) is 13.5. The van der Waals surface area contributed by atoms with E-state index in [9.17, 15) is 9.18 Å². The molecule has 2 aromatic carbocycles. The van der Waals surface area contributed by atoms with E-state index >= 15 is 0 Å². The van der Waals surface area contributed by atoms with Crippen LogP contribution in [0.3, 0.4) is 0 Å². The summed E-state index contributed by atoms with van der Waals surface area (Å²) in [5.41, 5.74) is 2.18. The van der Waals surface area contributed by atoms with Gasteiger partial charge in [0.1, 0.15) is 5.82 Å². The van der Waals surface area contributed by atoms with E-state index < -0.39 is 5.82 Å². The van der Waals surface area contributed by atoms with E-state index in [2.05, 4.69) is 5.32 Å². The van der Waals surface area contributed by atoms with Gasteiger partial charge in [0.15, 0.2) is 0 Å². The van der Waals surface area contributed by atoms with Crippen molar-refractivity contribution in [3.05, 3.63) is 64.4 Å². The van der Waals surface area contributed by atoms with Crippen molar-refractivity contribution in [2.24, 2.45) is 0 Å². The van der Waals surface area contributed by atoms with Crippen LogP contribution >= 0.6 is 11.6 Å². The number of anilines is 1. The molecule has 1 saturated carbocycles. The molecule has 5 heteroatoms. The largest absolute Gasteiger partial charge is 0.462 e. The zero-order chi connectivity index (χ0) is 16.4. The van der Waals surface area contributed by atoms with E-state index in [0.717, 1.165) is 24.1 Å². The quantitative estimate of drug-likeness (QED) is 0.802. The third-order valence-electron chi connectivity index (χ3n) is 4.00. The summed E-state index contributed by atoms with van der Waals surface area (Å²) in [6.07, 6.45) is 1.91. The Hall–Kier alpha value is -2.07. The Bertz CT molecular complexity index is 726. The Kier molecular flexibility index (Phi) is 4.26. The minimum absolute atomic E-state index is 0.133. The Morgan fingerprint density at radius 2 is 1.96 bits per heavy atom. The second-order valence-corrected chi connectivity index (χ2v) is 6.04. The number of hydrogen-bond acceptors (Lipinski definition) is 3. The second-order valence-electron chi connectivity index (χ2n) is 5.63. The summed E-state index contributed by atoms with van der Waals surface area (Å²) >= 11 is 5.88. The second kappa shape index (κ2) is 6.20. The third kappa shape index (κ3) is 3.32. The lowest BCUT2D eigenvalue weighted by Crippen LogP contribution is -2.19. The molecule has 0 aromatic heterocycles. The molecule has 1 aliphatic rings.